The van der Waals surface area contributed by atoms with Crippen molar-refractivity contribution in [2.45, 2.75) is 12.2 Å². The third kappa shape index (κ3) is 8.06. The van der Waals surface area contributed by atoms with E-state index in [1.807, 2.05) is 0 Å². The highest BCUT2D eigenvalue weighted by Gasteiger charge is 2.20. The molecule has 2 aromatic rings. The number of amides is 1. The maximum absolute atomic E-state index is 12.0. The molecule has 0 aliphatic heterocycles. The maximum Gasteiger partial charge on any atom is 0.370 e. The molecule has 1 amide bonds. The van der Waals surface area contributed by atoms with Gasteiger partial charge in [-0.05, 0) is 43.0 Å². The molecule has 29 heavy (non-hydrogen) atoms. The SMILES string of the molecule is CC(SC(=O)OCOC(=O)c1ccccc1)C(=O)NCC(=O)Oc1ccccc1. The van der Waals surface area contributed by atoms with Gasteiger partial charge in [0.05, 0.1) is 10.8 Å². The Labute approximate surface area is 171 Å². The van der Waals surface area contributed by atoms with Crippen LogP contribution in [-0.2, 0) is 19.1 Å². The van der Waals surface area contributed by atoms with Gasteiger partial charge < -0.3 is 19.5 Å². The highest BCUT2D eigenvalue weighted by Crippen LogP contribution is 2.14. The van der Waals surface area contributed by atoms with Gasteiger partial charge in [-0.2, -0.15) is 0 Å². The number of ether oxygens (including phenoxy) is 3. The first kappa shape index (κ1) is 22.0. The van der Waals surface area contributed by atoms with E-state index in [-0.39, 0.29) is 6.54 Å². The van der Waals surface area contributed by atoms with Crippen LogP contribution in [0.15, 0.2) is 60.7 Å². The van der Waals surface area contributed by atoms with Crippen LogP contribution in [0.1, 0.15) is 17.3 Å². The van der Waals surface area contributed by atoms with Gasteiger partial charge in [0.2, 0.25) is 12.7 Å². The molecule has 0 aromatic heterocycles. The normalized spacial score (nSPS) is 11.1. The van der Waals surface area contributed by atoms with Crippen molar-refractivity contribution in [3.63, 3.8) is 0 Å². The van der Waals surface area contributed by atoms with Gasteiger partial charge in [-0.3, -0.25) is 4.79 Å². The molecule has 0 saturated heterocycles. The lowest BCUT2D eigenvalue weighted by Gasteiger charge is -2.11. The van der Waals surface area contributed by atoms with Crippen LogP contribution in [0.5, 0.6) is 5.75 Å². The van der Waals surface area contributed by atoms with E-state index in [9.17, 15) is 19.2 Å². The zero-order chi connectivity index (χ0) is 21.1. The van der Waals surface area contributed by atoms with E-state index >= 15 is 0 Å². The molecule has 0 spiro atoms. The molecule has 152 valence electrons. The number of thioether (sulfide) groups is 1. The quantitative estimate of drug-likeness (QED) is 0.397. The average Bonchev–Trinajstić information content (AvgIpc) is 2.73. The first-order chi connectivity index (χ1) is 14.0. The fourth-order valence-corrected chi connectivity index (χ4v) is 2.57. The van der Waals surface area contributed by atoms with E-state index in [1.165, 1.54) is 6.92 Å². The van der Waals surface area contributed by atoms with Crippen molar-refractivity contribution in [1.29, 1.82) is 0 Å². The van der Waals surface area contributed by atoms with Crippen LogP contribution in [0.2, 0.25) is 0 Å². The lowest BCUT2D eigenvalue weighted by atomic mass is 10.2. The molecule has 0 fully saturated rings. The Kier molecular flexibility index (Phi) is 8.71. The molecule has 0 saturated carbocycles. The first-order valence-corrected chi connectivity index (χ1v) is 9.42. The summed E-state index contributed by atoms with van der Waals surface area (Å²) in [6, 6.07) is 16.6. The van der Waals surface area contributed by atoms with Gasteiger partial charge in [-0.25, -0.2) is 14.4 Å². The number of carbonyl (C=O) groups excluding carboxylic acids is 4. The number of hydrogen-bond donors (Lipinski definition) is 1. The number of para-hydroxylation sites is 1. The molecule has 2 aromatic carbocycles. The summed E-state index contributed by atoms with van der Waals surface area (Å²) in [4.78, 5) is 47.1. The average molecular weight is 417 g/mol. The summed E-state index contributed by atoms with van der Waals surface area (Å²) in [5.74, 6) is -1.45. The van der Waals surface area contributed by atoms with Crippen LogP contribution in [0.25, 0.3) is 0 Å². The summed E-state index contributed by atoms with van der Waals surface area (Å²) in [5, 5.41) is 0.763. The van der Waals surface area contributed by atoms with E-state index in [2.05, 4.69) is 5.32 Å². The molecule has 8 nitrogen and oxygen atoms in total. The van der Waals surface area contributed by atoms with Gasteiger partial charge in [0.15, 0.2) is 0 Å². The number of carbonyl (C=O) groups is 4. The van der Waals surface area contributed by atoms with Crippen LogP contribution in [-0.4, -0.2) is 41.7 Å². The van der Waals surface area contributed by atoms with E-state index in [1.54, 1.807) is 60.7 Å². The van der Waals surface area contributed by atoms with Crippen molar-refractivity contribution in [1.82, 2.24) is 5.32 Å². The molecule has 1 atom stereocenters. The fourth-order valence-electron chi connectivity index (χ4n) is 1.98. The Hall–Kier alpha value is -3.33. The van der Waals surface area contributed by atoms with Crippen molar-refractivity contribution in [3.8, 4) is 5.75 Å². The standard InChI is InChI=1S/C20H19NO7S/c1-14(18(23)21-12-17(22)28-16-10-6-3-7-11-16)29-20(25)27-13-26-19(24)15-8-4-2-5-9-15/h2-11,14H,12-13H2,1H3,(H,21,23). The number of nitrogens with one attached hydrogen (secondary N) is 1. The molecule has 0 aliphatic carbocycles. The number of esters is 2. The molecule has 0 bridgehead atoms. The summed E-state index contributed by atoms with van der Waals surface area (Å²) >= 11 is 0.594. The van der Waals surface area contributed by atoms with Crippen molar-refractivity contribution in [2.75, 3.05) is 13.3 Å². The predicted octanol–water partition coefficient (Wildman–Crippen LogP) is 2.78. The highest BCUT2D eigenvalue weighted by molar-refractivity contribution is 8.14. The Bertz CT molecular complexity index is 842. The number of rotatable bonds is 8. The Morgan fingerprint density at radius 3 is 2.21 bits per heavy atom. The van der Waals surface area contributed by atoms with E-state index < -0.39 is 35.2 Å². The molecular formula is C20H19NO7S. The molecule has 1 unspecified atom stereocenters. The minimum Gasteiger partial charge on any atom is -0.425 e. The summed E-state index contributed by atoms with van der Waals surface area (Å²) < 4.78 is 14.6. The van der Waals surface area contributed by atoms with Gasteiger partial charge >= 0.3 is 17.2 Å². The lowest BCUT2D eigenvalue weighted by Crippen LogP contribution is -2.37. The lowest BCUT2D eigenvalue weighted by molar-refractivity contribution is -0.135. The van der Waals surface area contributed by atoms with E-state index in [0.29, 0.717) is 23.1 Å². The van der Waals surface area contributed by atoms with Crippen molar-refractivity contribution >= 4 is 34.9 Å². The minimum atomic E-state index is -0.822. The highest BCUT2D eigenvalue weighted by atomic mass is 32.2. The smallest absolute Gasteiger partial charge is 0.370 e. The second kappa shape index (κ2) is 11.5. The maximum atomic E-state index is 12.0. The summed E-state index contributed by atoms with van der Waals surface area (Å²) in [6.45, 7) is 0.555. The third-order valence-electron chi connectivity index (χ3n) is 3.40. The summed E-state index contributed by atoms with van der Waals surface area (Å²) in [7, 11) is 0. The van der Waals surface area contributed by atoms with Crippen molar-refractivity contribution < 1.29 is 33.4 Å². The summed E-state index contributed by atoms with van der Waals surface area (Å²) in [5.41, 5.74) is 0.325. The predicted molar refractivity (Wildman–Crippen MR) is 105 cm³/mol. The van der Waals surface area contributed by atoms with Crippen LogP contribution in [0.4, 0.5) is 4.79 Å². The Morgan fingerprint density at radius 1 is 0.931 bits per heavy atom. The largest absolute Gasteiger partial charge is 0.425 e. The van der Waals surface area contributed by atoms with Crippen LogP contribution in [0.3, 0.4) is 0 Å². The van der Waals surface area contributed by atoms with Crippen molar-refractivity contribution in [3.05, 3.63) is 66.2 Å². The van der Waals surface area contributed by atoms with Gasteiger partial charge in [0, 0.05) is 0 Å². The Morgan fingerprint density at radius 2 is 1.55 bits per heavy atom. The van der Waals surface area contributed by atoms with Crippen molar-refractivity contribution in [2.24, 2.45) is 0 Å². The summed E-state index contributed by atoms with van der Waals surface area (Å²) in [6.07, 6.45) is 0. The zero-order valence-corrected chi connectivity index (χ0v) is 16.3. The minimum absolute atomic E-state index is 0.325. The molecule has 9 heteroatoms. The number of benzene rings is 2. The molecule has 0 aliphatic rings. The second-order valence-corrected chi connectivity index (χ2v) is 6.85. The fraction of sp³-hybridized carbons (Fsp3) is 0.200. The van der Waals surface area contributed by atoms with Gasteiger partial charge in [0.1, 0.15) is 12.3 Å². The Balaban J connectivity index is 1.64. The molecular weight excluding hydrogens is 398 g/mol. The van der Waals surface area contributed by atoms with Gasteiger partial charge in [-0.1, -0.05) is 36.4 Å². The molecule has 0 heterocycles. The van der Waals surface area contributed by atoms with Crippen LogP contribution in [0, 0.1) is 0 Å². The third-order valence-corrected chi connectivity index (χ3v) is 4.28. The zero-order valence-electron chi connectivity index (χ0n) is 15.5. The van der Waals surface area contributed by atoms with Crippen LogP contribution >= 0.6 is 11.8 Å². The van der Waals surface area contributed by atoms with E-state index in [4.69, 9.17) is 14.2 Å². The van der Waals surface area contributed by atoms with Crippen LogP contribution < -0.4 is 10.1 Å². The van der Waals surface area contributed by atoms with E-state index in [0.717, 1.165) is 0 Å². The van der Waals surface area contributed by atoms with Gasteiger partial charge in [0.25, 0.3) is 0 Å². The second-order valence-electron chi connectivity index (χ2n) is 5.58. The van der Waals surface area contributed by atoms with Gasteiger partial charge in [-0.15, -0.1) is 0 Å². The topological polar surface area (TPSA) is 108 Å². The molecule has 0 radical (unpaired) electrons. The number of hydrogen-bond acceptors (Lipinski definition) is 8. The molecule has 2 rings (SSSR count). The monoisotopic (exact) mass is 417 g/mol. The molecule has 1 N–H and O–H groups in total. The first-order valence-electron chi connectivity index (χ1n) is 8.54.